The van der Waals surface area contributed by atoms with Gasteiger partial charge in [0.25, 0.3) is 0 Å². The van der Waals surface area contributed by atoms with E-state index in [0.29, 0.717) is 17.5 Å². The number of aromatic hydroxyl groups is 4. The summed E-state index contributed by atoms with van der Waals surface area (Å²) in [6.45, 7) is 0. The van der Waals surface area contributed by atoms with Crippen molar-refractivity contribution in [3.8, 4) is 34.3 Å². The van der Waals surface area contributed by atoms with E-state index in [-0.39, 0.29) is 39.7 Å². The molecule has 4 N–H and O–H groups in total. The number of hydrogen-bond acceptors (Lipinski definition) is 6. The lowest BCUT2D eigenvalue weighted by atomic mass is 9.97. The molecule has 0 radical (unpaired) electrons. The maximum absolute atomic E-state index is 12.5. The summed E-state index contributed by atoms with van der Waals surface area (Å²) in [6.07, 6.45) is 0.428. The number of phenols is 4. The Bertz CT molecular complexity index is 1240. The van der Waals surface area contributed by atoms with Gasteiger partial charge in [0.1, 0.15) is 28.2 Å². The standard InChI is InChI=1S/C22H16O6/c23-14-8-18(26)22-19(27)11-20(28-21(22)9-14)15-10-17(25)16(24)7-13(15)6-12-4-2-1-3-5-12/h1-5,7-11,23-26H,6H2. The molecule has 0 atom stereocenters. The van der Waals surface area contributed by atoms with Gasteiger partial charge >= 0.3 is 0 Å². The van der Waals surface area contributed by atoms with E-state index >= 15 is 0 Å². The molecule has 3 aromatic carbocycles. The number of fused-ring (bicyclic) bond motifs is 1. The van der Waals surface area contributed by atoms with Crippen LogP contribution in [0.5, 0.6) is 23.0 Å². The highest BCUT2D eigenvalue weighted by Gasteiger charge is 2.17. The fourth-order valence-corrected chi connectivity index (χ4v) is 3.20. The predicted molar refractivity (Wildman–Crippen MR) is 104 cm³/mol. The number of hydrogen-bond donors (Lipinski definition) is 4. The zero-order chi connectivity index (χ0) is 19.8. The SMILES string of the molecule is O=c1cc(-c2cc(O)c(O)cc2Cc2ccccc2)oc2cc(O)cc(O)c12. The second kappa shape index (κ2) is 6.66. The lowest BCUT2D eigenvalue weighted by Crippen LogP contribution is -2.02. The fourth-order valence-electron chi connectivity index (χ4n) is 3.20. The Morgan fingerprint density at radius 2 is 1.50 bits per heavy atom. The Hall–Kier alpha value is -3.93. The molecule has 0 saturated carbocycles. The smallest absolute Gasteiger partial charge is 0.197 e. The van der Waals surface area contributed by atoms with Crippen molar-refractivity contribution in [2.75, 3.05) is 0 Å². The summed E-state index contributed by atoms with van der Waals surface area (Å²) in [4.78, 5) is 12.5. The zero-order valence-electron chi connectivity index (χ0n) is 14.6. The van der Waals surface area contributed by atoms with E-state index in [2.05, 4.69) is 0 Å². The second-order valence-electron chi connectivity index (χ2n) is 6.47. The van der Waals surface area contributed by atoms with Gasteiger partial charge in [0.15, 0.2) is 16.9 Å². The summed E-state index contributed by atoms with van der Waals surface area (Å²) in [7, 11) is 0. The van der Waals surface area contributed by atoms with Crippen molar-refractivity contribution in [1.82, 2.24) is 0 Å². The number of benzene rings is 3. The summed E-state index contributed by atoms with van der Waals surface area (Å²) in [6, 6.07) is 15.7. The average molecular weight is 376 g/mol. The van der Waals surface area contributed by atoms with Crippen molar-refractivity contribution in [1.29, 1.82) is 0 Å². The molecule has 0 aliphatic rings. The van der Waals surface area contributed by atoms with E-state index < -0.39 is 5.43 Å². The quantitative estimate of drug-likeness (QED) is 0.404. The van der Waals surface area contributed by atoms with Gasteiger partial charge < -0.3 is 24.8 Å². The molecule has 0 spiro atoms. The Morgan fingerprint density at radius 3 is 2.25 bits per heavy atom. The first-order valence-electron chi connectivity index (χ1n) is 8.51. The molecule has 1 heterocycles. The molecule has 6 nitrogen and oxygen atoms in total. The molecule has 0 bridgehead atoms. The molecule has 1 aromatic heterocycles. The van der Waals surface area contributed by atoms with Gasteiger partial charge in [0.05, 0.1) is 0 Å². The van der Waals surface area contributed by atoms with Gasteiger partial charge in [0.2, 0.25) is 0 Å². The lowest BCUT2D eigenvalue weighted by molar-refractivity contribution is 0.403. The maximum Gasteiger partial charge on any atom is 0.197 e. The minimum atomic E-state index is -0.494. The molecule has 0 amide bonds. The molecule has 28 heavy (non-hydrogen) atoms. The number of phenolic OH excluding ortho intramolecular Hbond substituents is 4. The van der Waals surface area contributed by atoms with Gasteiger partial charge in [-0.2, -0.15) is 0 Å². The van der Waals surface area contributed by atoms with Crippen molar-refractivity contribution in [2.45, 2.75) is 6.42 Å². The van der Waals surface area contributed by atoms with E-state index in [4.69, 9.17) is 4.42 Å². The van der Waals surface area contributed by atoms with E-state index in [1.807, 2.05) is 30.3 Å². The van der Waals surface area contributed by atoms with Crippen molar-refractivity contribution in [2.24, 2.45) is 0 Å². The summed E-state index contributed by atoms with van der Waals surface area (Å²) in [5.74, 6) is -1.12. The second-order valence-corrected chi connectivity index (χ2v) is 6.47. The number of rotatable bonds is 3. The largest absolute Gasteiger partial charge is 0.508 e. The maximum atomic E-state index is 12.5. The molecular weight excluding hydrogens is 360 g/mol. The molecular formula is C22H16O6. The molecule has 0 fully saturated rings. The highest BCUT2D eigenvalue weighted by Crippen LogP contribution is 2.37. The third kappa shape index (κ3) is 3.12. The summed E-state index contributed by atoms with van der Waals surface area (Å²) < 4.78 is 5.75. The van der Waals surface area contributed by atoms with Gasteiger partial charge in [0, 0.05) is 23.8 Å². The van der Waals surface area contributed by atoms with Crippen molar-refractivity contribution in [3.63, 3.8) is 0 Å². The summed E-state index contributed by atoms with van der Waals surface area (Å²) in [5.41, 5.74) is 1.53. The van der Waals surface area contributed by atoms with Gasteiger partial charge in [-0.05, 0) is 29.7 Å². The van der Waals surface area contributed by atoms with Crippen LogP contribution < -0.4 is 5.43 Å². The van der Waals surface area contributed by atoms with Crippen LogP contribution in [0, 0.1) is 0 Å². The Balaban J connectivity index is 1.93. The molecule has 0 aliphatic carbocycles. The van der Waals surface area contributed by atoms with Gasteiger partial charge in [-0.1, -0.05) is 30.3 Å². The van der Waals surface area contributed by atoms with Crippen LogP contribution in [0.3, 0.4) is 0 Å². The third-order valence-corrected chi connectivity index (χ3v) is 4.50. The van der Waals surface area contributed by atoms with Gasteiger partial charge in [-0.3, -0.25) is 4.79 Å². The highest BCUT2D eigenvalue weighted by molar-refractivity contribution is 5.86. The Labute approximate surface area is 159 Å². The molecule has 0 unspecified atom stereocenters. The Kier molecular flexibility index (Phi) is 4.16. The van der Waals surface area contributed by atoms with Crippen molar-refractivity contribution >= 4 is 11.0 Å². The Morgan fingerprint density at radius 1 is 0.786 bits per heavy atom. The van der Waals surface area contributed by atoms with E-state index in [0.717, 1.165) is 11.6 Å². The molecule has 4 aromatic rings. The van der Waals surface area contributed by atoms with Crippen LogP contribution in [0.25, 0.3) is 22.3 Å². The van der Waals surface area contributed by atoms with Crippen molar-refractivity contribution in [3.05, 3.63) is 82.0 Å². The molecule has 6 heteroatoms. The van der Waals surface area contributed by atoms with Crippen molar-refractivity contribution < 1.29 is 24.8 Å². The van der Waals surface area contributed by atoms with Gasteiger partial charge in [-0.15, -0.1) is 0 Å². The zero-order valence-corrected chi connectivity index (χ0v) is 14.6. The first-order chi connectivity index (χ1) is 13.4. The lowest BCUT2D eigenvalue weighted by Gasteiger charge is -2.12. The average Bonchev–Trinajstić information content (AvgIpc) is 2.64. The van der Waals surface area contributed by atoms with E-state index in [1.54, 1.807) is 0 Å². The van der Waals surface area contributed by atoms with Crippen LogP contribution in [0.15, 0.2) is 69.9 Å². The molecule has 4 rings (SSSR count). The van der Waals surface area contributed by atoms with Gasteiger partial charge in [-0.25, -0.2) is 0 Å². The molecule has 0 saturated heterocycles. The van der Waals surface area contributed by atoms with E-state index in [1.165, 1.54) is 24.3 Å². The summed E-state index contributed by atoms with van der Waals surface area (Å²) >= 11 is 0. The molecule has 0 aliphatic heterocycles. The van der Waals surface area contributed by atoms with Crippen LogP contribution in [0.4, 0.5) is 0 Å². The first kappa shape index (κ1) is 17.5. The first-order valence-corrected chi connectivity index (χ1v) is 8.51. The topological polar surface area (TPSA) is 111 Å². The minimum absolute atomic E-state index is 0.0122. The van der Waals surface area contributed by atoms with Crippen LogP contribution in [0.1, 0.15) is 11.1 Å². The third-order valence-electron chi connectivity index (χ3n) is 4.50. The predicted octanol–water partition coefficient (Wildman–Crippen LogP) is 3.87. The highest BCUT2D eigenvalue weighted by atomic mass is 16.3. The fraction of sp³-hybridized carbons (Fsp3) is 0.0455. The summed E-state index contributed by atoms with van der Waals surface area (Å²) in [5, 5.41) is 39.5. The normalized spacial score (nSPS) is 11.0. The van der Waals surface area contributed by atoms with Crippen LogP contribution >= 0.6 is 0 Å². The van der Waals surface area contributed by atoms with Crippen LogP contribution in [-0.2, 0) is 6.42 Å². The van der Waals surface area contributed by atoms with Crippen LogP contribution in [-0.4, -0.2) is 20.4 Å². The van der Waals surface area contributed by atoms with E-state index in [9.17, 15) is 25.2 Å². The minimum Gasteiger partial charge on any atom is -0.508 e. The van der Waals surface area contributed by atoms with Crippen LogP contribution in [0.2, 0.25) is 0 Å². The monoisotopic (exact) mass is 376 g/mol. The molecule has 140 valence electrons.